The molecule has 1 unspecified atom stereocenters. The van der Waals surface area contributed by atoms with Crippen molar-refractivity contribution < 1.29 is 14.2 Å². The minimum atomic E-state index is -0.705. The Labute approximate surface area is 306 Å². The van der Waals surface area contributed by atoms with Gasteiger partial charge in [-0.1, -0.05) is 109 Å². The zero-order valence-corrected chi connectivity index (χ0v) is 28.4. The monoisotopic (exact) mass is 682 g/mol. The number of pyridine rings is 1. The molecule has 0 bridgehead atoms. The van der Waals surface area contributed by atoms with E-state index in [1.54, 1.807) is 0 Å². The van der Waals surface area contributed by atoms with Gasteiger partial charge in [0.15, 0.2) is 11.5 Å². The minimum absolute atomic E-state index is 0.705. The maximum atomic E-state index is 6.91. The van der Waals surface area contributed by atoms with Crippen LogP contribution in [0.4, 0.5) is 17.1 Å². The Hall–Kier alpha value is -7.11. The summed E-state index contributed by atoms with van der Waals surface area (Å²) in [5.74, 6) is 4.82. The van der Waals surface area contributed by atoms with E-state index in [4.69, 9.17) is 14.2 Å². The fourth-order valence-electron chi connectivity index (χ4n) is 8.41. The standard InChI is InChI=1S/C48H30N2O3/c1-2-13-33(14-3-1)50-40-19-6-9-22-43(40)53-44-23-12-15-34(47(44)50)31-24-26-37-45(29-31)51-41-20-7-4-16-35(41)48(37)36-17-5-8-21-42(36)52-46-30-32(25-27-38(46)48)39-18-10-11-28-49-39/h1-30H. The van der Waals surface area contributed by atoms with E-state index < -0.39 is 5.41 Å². The van der Waals surface area contributed by atoms with E-state index in [1.165, 1.54) is 0 Å². The van der Waals surface area contributed by atoms with Crippen LogP contribution < -0.4 is 19.1 Å². The van der Waals surface area contributed by atoms with Gasteiger partial charge in [-0.15, -0.1) is 0 Å². The lowest BCUT2D eigenvalue weighted by molar-refractivity contribution is 0.399. The van der Waals surface area contributed by atoms with Crippen LogP contribution in [-0.2, 0) is 5.41 Å². The smallest absolute Gasteiger partial charge is 0.152 e. The predicted molar refractivity (Wildman–Crippen MR) is 208 cm³/mol. The molecule has 0 N–H and O–H groups in total. The first kappa shape index (κ1) is 29.6. The van der Waals surface area contributed by atoms with Crippen molar-refractivity contribution in [2.24, 2.45) is 0 Å². The van der Waals surface area contributed by atoms with Gasteiger partial charge in [-0.3, -0.25) is 4.98 Å². The van der Waals surface area contributed by atoms with Crippen molar-refractivity contribution >= 4 is 17.1 Å². The SMILES string of the molecule is c1ccc(N2c3ccccc3Oc3cccc(-c4ccc5c(c4)Oc4ccccc4C54c5ccccc5Oc5cc(-c6ccccn6)ccc54)c32)cc1. The number of benzene rings is 7. The van der Waals surface area contributed by atoms with Crippen LogP contribution >= 0.6 is 0 Å². The largest absolute Gasteiger partial charge is 0.457 e. The van der Waals surface area contributed by atoms with E-state index in [0.29, 0.717) is 0 Å². The highest BCUT2D eigenvalue weighted by Crippen LogP contribution is 2.62. The van der Waals surface area contributed by atoms with Gasteiger partial charge >= 0.3 is 0 Å². The van der Waals surface area contributed by atoms with Crippen LogP contribution in [0.25, 0.3) is 22.4 Å². The van der Waals surface area contributed by atoms with E-state index in [9.17, 15) is 0 Å². The highest BCUT2D eigenvalue weighted by molar-refractivity contribution is 5.95. The second-order valence-corrected chi connectivity index (χ2v) is 13.5. The zero-order chi connectivity index (χ0) is 34.9. The molecule has 0 radical (unpaired) electrons. The van der Waals surface area contributed by atoms with Crippen LogP contribution in [0.5, 0.6) is 34.5 Å². The Bertz CT molecular complexity index is 2720. The van der Waals surface area contributed by atoms with Gasteiger partial charge in [0.05, 0.1) is 22.5 Å². The number of ether oxygens (including phenoxy) is 3. The Balaban J connectivity index is 1.14. The molecular weight excluding hydrogens is 653 g/mol. The number of hydrogen-bond acceptors (Lipinski definition) is 5. The molecule has 0 saturated heterocycles. The number of para-hydroxylation sites is 6. The first-order valence-corrected chi connectivity index (χ1v) is 17.8. The topological polar surface area (TPSA) is 43.8 Å². The lowest BCUT2D eigenvalue weighted by atomic mass is 9.62. The molecule has 5 nitrogen and oxygen atoms in total. The number of fused-ring (bicyclic) bond motifs is 10. The third-order valence-electron chi connectivity index (χ3n) is 10.6. The summed E-state index contributed by atoms with van der Waals surface area (Å²) >= 11 is 0. The third-order valence-corrected chi connectivity index (χ3v) is 10.6. The first-order chi connectivity index (χ1) is 26.3. The molecule has 250 valence electrons. The average molecular weight is 683 g/mol. The molecule has 7 aromatic carbocycles. The van der Waals surface area contributed by atoms with E-state index in [0.717, 1.165) is 96.2 Å². The molecule has 0 fully saturated rings. The van der Waals surface area contributed by atoms with Crippen molar-refractivity contribution in [3.8, 4) is 56.9 Å². The summed E-state index contributed by atoms with van der Waals surface area (Å²) in [7, 11) is 0. The number of hydrogen-bond donors (Lipinski definition) is 0. The highest BCUT2D eigenvalue weighted by atomic mass is 16.5. The molecular formula is C48H30N2O3. The van der Waals surface area contributed by atoms with E-state index >= 15 is 0 Å². The van der Waals surface area contributed by atoms with E-state index in [1.807, 2.05) is 60.8 Å². The van der Waals surface area contributed by atoms with Gasteiger partial charge in [0, 0.05) is 45.3 Å². The van der Waals surface area contributed by atoms with Gasteiger partial charge in [-0.25, -0.2) is 0 Å². The maximum absolute atomic E-state index is 6.91. The van der Waals surface area contributed by atoms with Gasteiger partial charge in [-0.05, 0) is 72.3 Å². The number of anilines is 3. The van der Waals surface area contributed by atoms with Crippen LogP contribution in [0.3, 0.4) is 0 Å². The van der Waals surface area contributed by atoms with Gasteiger partial charge in [0.2, 0.25) is 0 Å². The quantitative estimate of drug-likeness (QED) is 0.186. The fraction of sp³-hybridized carbons (Fsp3) is 0.0208. The van der Waals surface area contributed by atoms with Crippen LogP contribution in [0.1, 0.15) is 22.3 Å². The summed E-state index contributed by atoms with van der Waals surface area (Å²) in [5.41, 5.74) is 10.5. The van der Waals surface area contributed by atoms with Crippen molar-refractivity contribution in [2.45, 2.75) is 5.41 Å². The second kappa shape index (κ2) is 11.5. The first-order valence-electron chi connectivity index (χ1n) is 17.8. The summed E-state index contributed by atoms with van der Waals surface area (Å²) in [6.07, 6.45) is 1.82. The van der Waals surface area contributed by atoms with Gasteiger partial charge in [0.25, 0.3) is 0 Å². The third kappa shape index (κ3) is 4.34. The molecule has 4 heterocycles. The highest BCUT2D eigenvalue weighted by Gasteiger charge is 2.50. The molecule has 11 rings (SSSR count). The lowest BCUT2D eigenvalue weighted by Crippen LogP contribution is -2.36. The molecule has 3 aliphatic heterocycles. The van der Waals surface area contributed by atoms with Crippen molar-refractivity contribution in [1.29, 1.82) is 0 Å². The van der Waals surface area contributed by atoms with Crippen molar-refractivity contribution in [2.75, 3.05) is 4.90 Å². The number of nitrogens with zero attached hydrogens (tertiary/aromatic N) is 2. The van der Waals surface area contributed by atoms with Crippen LogP contribution in [0.15, 0.2) is 182 Å². The fourth-order valence-corrected chi connectivity index (χ4v) is 8.41. The summed E-state index contributed by atoms with van der Waals surface area (Å²) in [6, 6.07) is 60.8. The normalized spacial score (nSPS) is 15.7. The van der Waals surface area contributed by atoms with Crippen LogP contribution in [-0.4, -0.2) is 4.98 Å². The zero-order valence-electron chi connectivity index (χ0n) is 28.4. The summed E-state index contributed by atoms with van der Waals surface area (Å²) in [5, 5.41) is 0. The van der Waals surface area contributed by atoms with E-state index in [2.05, 4.69) is 131 Å². The minimum Gasteiger partial charge on any atom is -0.457 e. The molecule has 0 amide bonds. The van der Waals surface area contributed by atoms with Crippen LogP contribution in [0, 0.1) is 0 Å². The van der Waals surface area contributed by atoms with Crippen LogP contribution in [0.2, 0.25) is 0 Å². The Morgan fingerprint density at radius 3 is 1.70 bits per heavy atom. The van der Waals surface area contributed by atoms with E-state index in [-0.39, 0.29) is 0 Å². The molecule has 8 aromatic rings. The molecule has 5 heteroatoms. The Kier molecular flexibility index (Phi) is 6.40. The van der Waals surface area contributed by atoms with Gasteiger partial charge in [0.1, 0.15) is 23.0 Å². The second-order valence-electron chi connectivity index (χ2n) is 13.5. The molecule has 1 atom stereocenters. The number of rotatable bonds is 3. The average Bonchev–Trinajstić information content (AvgIpc) is 3.22. The predicted octanol–water partition coefficient (Wildman–Crippen LogP) is 12.6. The summed E-state index contributed by atoms with van der Waals surface area (Å²) in [6.45, 7) is 0. The Morgan fingerprint density at radius 1 is 0.415 bits per heavy atom. The summed E-state index contributed by atoms with van der Waals surface area (Å²) in [4.78, 5) is 6.93. The number of aromatic nitrogens is 1. The molecule has 1 spiro atoms. The van der Waals surface area contributed by atoms with Crippen molar-refractivity contribution in [1.82, 2.24) is 4.98 Å². The molecule has 0 saturated carbocycles. The molecule has 1 aromatic heterocycles. The van der Waals surface area contributed by atoms with Crippen molar-refractivity contribution in [3.63, 3.8) is 0 Å². The van der Waals surface area contributed by atoms with Gasteiger partial charge < -0.3 is 19.1 Å². The molecule has 3 aliphatic rings. The molecule has 53 heavy (non-hydrogen) atoms. The maximum Gasteiger partial charge on any atom is 0.152 e. The Morgan fingerprint density at radius 2 is 0.981 bits per heavy atom. The molecule has 0 aliphatic carbocycles. The van der Waals surface area contributed by atoms with Crippen molar-refractivity contribution in [3.05, 3.63) is 204 Å². The lowest BCUT2D eigenvalue weighted by Gasteiger charge is -2.45. The van der Waals surface area contributed by atoms with Gasteiger partial charge in [-0.2, -0.15) is 0 Å². The summed E-state index contributed by atoms with van der Waals surface area (Å²) < 4.78 is 20.2.